The van der Waals surface area contributed by atoms with Gasteiger partial charge < -0.3 is 15.0 Å². The van der Waals surface area contributed by atoms with Crippen molar-refractivity contribution in [2.45, 2.75) is 12.5 Å². The van der Waals surface area contributed by atoms with E-state index in [4.69, 9.17) is 11.6 Å². The summed E-state index contributed by atoms with van der Waals surface area (Å²) in [5.41, 5.74) is 0.108. The summed E-state index contributed by atoms with van der Waals surface area (Å²) in [5.74, 6) is -0.0406. The van der Waals surface area contributed by atoms with Crippen LogP contribution < -0.4 is 5.32 Å². The fourth-order valence-corrected chi connectivity index (χ4v) is 2.11. The van der Waals surface area contributed by atoms with E-state index in [1.807, 2.05) is 0 Å². The molecule has 98 valence electrons. The highest BCUT2D eigenvalue weighted by Gasteiger charge is 2.21. The molecular formula is C11H15ClN4O2. The lowest BCUT2D eigenvalue weighted by atomic mass is 10.2. The lowest BCUT2D eigenvalue weighted by Gasteiger charge is -2.14. The molecule has 0 bridgehead atoms. The third-order valence-electron chi connectivity index (χ3n) is 2.86. The maximum Gasteiger partial charge on any atom is 0.358 e. The minimum atomic E-state index is -0.545. The molecule has 6 nitrogen and oxygen atoms in total. The number of nitrogens with zero attached hydrogens (tertiary/aromatic N) is 3. The Bertz CT molecular complexity index is 455. The van der Waals surface area contributed by atoms with Gasteiger partial charge in [0.15, 0.2) is 16.7 Å². The highest BCUT2D eigenvalue weighted by Crippen LogP contribution is 2.20. The van der Waals surface area contributed by atoms with E-state index in [0.717, 1.165) is 19.5 Å². The van der Waals surface area contributed by atoms with Crippen LogP contribution in [0, 0.1) is 0 Å². The van der Waals surface area contributed by atoms with Gasteiger partial charge in [-0.15, -0.1) is 0 Å². The van der Waals surface area contributed by atoms with Crippen LogP contribution in [-0.4, -0.2) is 54.1 Å². The average molecular weight is 271 g/mol. The van der Waals surface area contributed by atoms with Gasteiger partial charge in [-0.25, -0.2) is 14.8 Å². The molecule has 1 fully saturated rings. The fraction of sp³-hybridized carbons (Fsp3) is 0.545. The van der Waals surface area contributed by atoms with Crippen molar-refractivity contribution < 1.29 is 9.53 Å². The molecule has 0 aliphatic carbocycles. The van der Waals surface area contributed by atoms with Crippen molar-refractivity contribution in [3.05, 3.63) is 17.0 Å². The number of likely N-dealkylation sites (tertiary alicyclic amines) is 1. The minimum Gasteiger partial charge on any atom is -0.464 e. The number of esters is 1. The standard InChI is InChI=1S/C11H15ClN4O2/c1-16-4-3-7(6-16)14-10-9(12)15-8(5-13-10)11(17)18-2/h5,7H,3-4,6H2,1-2H3,(H,13,14). The maximum absolute atomic E-state index is 11.3. The van der Waals surface area contributed by atoms with E-state index in [9.17, 15) is 4.79 Å². The van der Waals surface area contributed by atoms with Crippen molar-refractivity contribution in [1.82, 2.24) is 14.9 Å². The predicted molar refractivity (Wildman–Crippen MR) is 67.9 cm³/mol. The predicted octanol–water partition coefficient (Wildman–Crippen LogP) is 1.03. The monoisotopic (exact) mass is 270 g/mol. The summed E-state index contributed by atoms with van der Waals surface area (Å²) in [4.78, 5) is 21.5. The minimum absolute atomic E-state index is 0.108. The Hall–Kier alpha value is -1.40. The Labute approximate surface area is 110 Å². The van der Waals surface area contributed by atoms with Gasteiger partial charge in [0, 0.05) is 12.6 Å². The molecule has 0 aromatic carbocycles. The third kappa shape index (κ3) is 2.88. The average Bonchev–Trinajstić information content (AvgIpc) is 2.76. The second kappa shape index (κ2) is 5.49. The molecule has 1 saturated heterocycles. The molecule has 0 radical (unpaired) electrons. The molecular weight excluding hydrogens is 256 g/mol. The smallest absolute Gasteiger partial charge is 0.358 e. The topological polar surface area (TPSA) is 67.3 Å². The Balaban J connectivity index is 2.08. The third-order valence-corrected chi connectivity index (χ3v) is 3.12. The largest absolute Gasteiger partial charge is 0.464 e. The van der Waals surface area contributed by atoms with Crippen molar-refractivity contribution in [2.75, 3.05) is 32.6 Å². The zero-order chi connectivity index (χ0) is 13.1. The van der Waals surface area contributed by atoms with E-state index in [1.54, 1.807) is 0 Å². The molecule has 1 aromatic heterocycles. The first-order valence-electron chi connectivity index (χ1n) is 5.66. The van der Waals surface area contributed by atoms with E-state index < -0.39 is 5.97 Å². The van der Waals surface area contributed by atoms with Crippen LogP contribution >= 0.6 is 11.6 Å². The summed E-state index contributed by atoms with van der Waals surface area (Å²) in [6.07, 6.45) is 2.39. The highest BCUT2D eigenvalue weighted by atomic mass is 35.5. The van der Waals surface area contributed by atoms with Gasteiger partial charge in [0.2, 0.25) is 0 Å². The summed E-state index contributed by atoms with van der Waals surface area (Å²) < 4.78 is 4.55. The number of hydrogen-bond donors (Lipinski definition) is 1. The molecule has 0 saturated carbocycles. The van der Waals surface area contributed by atoms with Gasteiger partial charge >= 0.3 is 5.97 Å². The molecule has 0 amide bonds. The van der Waals surface area contributed by atoms with Gasteiger partial charge in [0.25, 0.3) is 0 Å². The number of nitrogens with one attached hydrogen (secondary N) is 1. The van der Waals surface area contributed by atoms with Gasteiger partial charge in [0.05, 0.1) is 13.3 Å². The molecule has 1 unspecified atom stereocenters. The van der Waals surface area contributed by atoms with Crippen LogP contribution in [0.25, 0.3) is 0 Å². The summed E-state index contributed by atoms with van der Waals surface area (Å²) in [6, 6.07) is 0.311. The van der Waals surface area contributed by atoms with Crippen molar-refractivity contribution in [2.24, 2.45) is 0 Å². The zero-order valence-corrected chi connectivity index (χ0v) is 11.1. The highest BCUT2D eigenvalue weighted by molar-refractivity contribution is 6.31. The molecule has 1 aliphatic heterocycles. The summed E-state index contributed by atoms with van der Waals surface area (Å²) in [7, 11) is 3.35. The van der Waals surface area contributed by atoms with Crippen molar-refractivity contribution in [3.63, 3.8) is 0 Å². The van der Waals surface area contributed by atoms with Gasteiger partial charge in [-0.1, -0.05) is 11.6 Å². The number of anilines is 1. The SMILES string of the molecule is COC(=O)c1cnc(NC2CCN(C)C2)c(Cl)n1. The molecule has 1 atom stereocenters. The van der Waals surface area contributed by atoms with Crippen LogP contribution in [0.15, 0.2) is 6.20 Å². The Morgan fingerprint density at radius 2 is 2.44 bits per heavy atom. The summed E-state index contributed by atoms with van der Waals surface area (Å²) >= 11 is 5.99. The molecule has 1 aromatic rings. The quantitative estimate of drug-likeness (QED) is 0.828. The van der Waals surface area contributed by atoms with Crippen molar-refractivity contribution in [1.29, 1.82) is 0 Å². The first-order valence-corrected chi connectivity index (χ1v) is 6.04. The number of rotatable bonds is 3. The second-order valence-electron chi connectivity index (χ2n) is 4.28. The van der Waals surface area contributed by atoms with Crippen molar-refractivity contribution in [3.8, 4) is 0 Å². The molecule has 2 heterocycles. The Morgan fingerprint density at radius 1 is 1.67 bits per heavy atom. The number of methoxy groups -OCH3 is 1. The maximum atomic E-state index is 11.3. The number of carbonyl (C=O) groups is 1. The fourth-order valence-electron chi connectivity index (χ4n) is 1.91. The van der Waals surface area contributed by atoms with E-state index in [-0.39, 0.29) is 10.8 Å². The molecule has 18 heavy (non-hydrogen) atoms. The second-order valence-corrected chi connectivity index (χ2v) is 4.64. The Kier molecular flexibility index (Phi) is 3.98. The number of carbonyl (C=O) groups excluding carboxylic acids is 1. The summed E-state index contributed by atoms with van der Waals surface area (Å²) in [5, 5.41) is 3.41. The lowest BCUT2D eigenvalue weighted by molar-refractivity contribution is 0.0593. The van der Waals surface area contributed by atoms with E-state index in [1.165, 1.54) is 13.3 Å². The number of aromatic nitrogens is 2. The van der Waals surface area contributed by atoms with Crippen LogP contribution in [0.2, 0.25) is 5.15 Å². The van der Waals surface area contributed by atoms with Crippen LogP contribution in [0.4, 0.5) is 5.82 Å². The van der Waals surface area contributed by atoms with Crippen molar-refractivity contribution >= 4 is 23.4 Å². The Morgan fingerprint density at radius 3 is 3.00 bits per heavy atom. The molecule has 0 spiro atoms. The van der Waals surface area contributed by atoms with Crippen LogP contribution in [0.5, 0.6) is 0 Å². The van der Waals surface area contributed by atoms with E-state index in [0.29, 0.717) is 11.9 Å². The van der Waals surface area contributed by atoms with Gasteiger partial charge in [0.1, 0.15) is 0 Å². The van der Waals surface area contributed by atoms with Gasteiger partial charge in [-0.3, -0.25) is 0 Å². The molecule has 1 aliphatic rings. The van der Waals surface area contributed by atoms with Crippen LogP contribution in [0.3, 0.4) is 0 Å². The summed E-state index contributed by atoms with van der Waals surface area (Å²) in [6.45, 7) is 1.99. The molecule has 1 N–H and O–H groups in total. The number of hydrogen-bond acceptors (Lipinski definition) is 6. The van der Waals surface area contributed by atoms with E-state index in [2.05, 4.69) is 32.0 Å². The number of likely N-dealkylation sites (N-methyl/N-ethyl adjacent to an activating group) is 1. The zero-order valence-electron chi connectivity index (χ0n) is 10.3. The number of halogens is 1. The van der Waals surface area contributed by atoms with Gasteiger partial charge in [-0.05, 0) is 20.0 Å². The van der Waals surface area contributed by atoms with Crippen LogP contribution in [0.1, 0.15) is 16.9 Å². The van der Waals surface area contributed by atoms with Crippen LogP contribution in [-0.2, 0) is 4.74 Å². The first-order chi connectivity index (χ1) is 8.60. The molecule has 7 heteroatoms. The normalized spacial score (nSPS) is 19.8. The number of ether oxygens (including phenoxy) is 1. The first kappa shape index (κ1) is 13.0. The van der Waals surface area contributed by atoms with Gasteiger partial charge in [-0.2, -0.15) is 0 Å². The molecule has 2 rings (SSSR count). The lowest BCUT2D eigenvalue weighted by Crippen LogP contribution is -2.24. The van der Waals surface area contributed by atoms with E-state index >= 15 is 0 Å².